The van der Waals surface area contributed by atoms with Crippen molar-refractivity contribution in [2.45, 2.75) is 33.1 Å². The fraction of sp³-hybridized carbons (Fsp3) is 0.286. The lowest BCUT2D eigenvalue weighted by molar-refractivity contribution is 0.509. The Labute approximate surface area is 155 Å². The van der Waals surface area contributed by atoms with Gasteiger partial charge in [0.25, 0.3) is 5.56 Å². The van der Waals surface area contributed by atoms with E-state index in [2.05, 4.69) is 23.0 Å². The van der Waals surface area contributed by atoms with Gasteiger partial charge < -0.3 is 4.98 Å². The van der Waals surface area contributed by atoms with Crippen LogP contribution in [0, 0.1) is 24.2 Å². The lowest BCUT2D eigenvalue weighted by Crippen LogP contribution is -2.14. The number of aryl methyl sites for hydroxylation is 2. The molecule has 1 aliphatic carbocycles. The lowest BCUT2D eigenvalue weighted by Gasteiger charge is -2.17. The molecule has 3 aromatic rings. The number of nitrogens with one attached hydrogen (secondary N) is 1. The molecule has 1 aliphatic rings. The van der Waals surface area contributed by atoms with Gasteiger partial charge in [-0.15, -0.1) is 11.3 Å². The van der Waals surface area contributed by atoms with Crippen molar-refractivity contribution in [3.63, 3.8) is 0 Å². The average molecular weight is 361 g/mol. The van der Waals surface area contributed by atoms with E-state index in [1.807, 2.05) is 31.2 Å². The number of aromatic amines is 1. The largest absolute Gasteiger partial charge is 0.305 e. The number of thiophene rings is 1. The van der Waals surface area contributed by atoms with Crippen molar-refractivity contribution >= 4 is 33.2 Å². The van der Waals surface area contributed by atoms with Crippen molar-refractivity contribution in [2.75, 3.05) is 0 Å². The molecule has 0 saturated carbocycles. The van der Waals surface area contributed by atoms with Crippen LogP contribution < -0.4 is 5.56 Å². The Kier molecular flexibility index (Phi) is 4.21. The third-order valence-corrected chi connectivity index (χ3v) is 6.18. The molecule has 2 heterocycles. The van der Waals surface area contributed by atoms with Gasteiger partial charge in [-0.05, 0) is 54.9 Å². The van der Waals surface area contributed by atoms with Crippen molar-refractivity contribution in [1.29, 1.82) is 5.26 Å². The first-order valence-electron chi connectivity index (χ1n) is 8.79. The number of rotatable bonds is 2. The molecule has 0 spiro atoms. The van der Waals surface area contributed by atoms with E-state index in [9.17, 15) is 10.1 Å². The monoisotopic (exact) mass is 361 g/mol. The third-order valence-electron chi connectivity index (χ3n) is 5.03. The summed E-state index contributed by atoms with van der Waals surface area (Å²) in [5, 5.41) is 10.3. The minimum Gasteiger partial charge on any atom is -0.305 e. The van der Waals surface area contributed by atoms with Crippen molar-refractivity contribution in [2.24, 2.45) is 5.92 Å². The summed E-state index contributed by atoms with van der Waals surface area (Å²) in [6, 6.07) is 10.0. The number of H-pyrrole nitrogens is 1. The summed E-state index contributed by atoms with van der Waals surface area (Å²) in [6.07, 6.45) is 4.84. The minimum atomic E-state index is -0.136. The number of hydrogen-bond acceptors (Lipinski definition) is 4. The van der Waals surface area contributed by atoms with Crippen LogP contribution in [0.1, 0.15) is 40.7 Å². The van der Waals surface area contributed by atoms with Gasteiger partial charge in [-0.1, -0.05) is 31.2 Å². The predicted octanol–water partition coefficient (Wildman–Crippen LogP) is 4.48. The Hall–Kier alpha value is -2.71. The third kappa shape index (κ3) is 2.87. The Morgan fingerprint density at radius 3 is 3.00 bits per heavy atom. The second-order valence-electron chi connectivity index (χ2n) is 6.97. The Morgan fingerprint density at radius 1 is 1.42 bits per heavy atom. The van der Waals surface area contributed by atoms with Gasteiger partial charge in [-0.2, -0.15) is 5.26 Å². The van der Waals surface area contributed by atoms with E-state index in [0.717, 1.165) is 40.8 Å². The molecule has 5 heteroatoms. The summed E-state index contributed by atoms with van der Waals surface area (Å²) in [5.41, 5.74) is 3.42. The predicted molar refractivity (Wildman–Crippen MR) is 106 cm³/mol. The highest BCUT2D eigenvalue weighted by atomic mass is 32.1. The van der Waals surface area contributed by atoms with Crippen LogP contribution in [0.25, 0.3) is 21.9 Å². The lowest BCUT2D eigenvalue weighted by atomic mass is 9.89. The van der Waals surface area contributed by atoms with Crippen molar-refractivity contribution in [1.82, 2.24) is 9.97 Å². The van der Waals surface area contributed by atoms with E-state index in [0.29, 0.717) is 22.7 Å². The molecule has 0 fully saturated rings. The van der Waals surface area contributed by atoms with Crippen molar-refractivity contribution in [3.05, 3.63) is 62.0 Å². The summed E-state index contributed by atoms with van der Waals surface area (Å²) >= 11 is 1.60. The number of benzene rings is 1. The molecular weight excluding hydrogens is 342 g/mol. The summed E-state index contributed by atoms with van der Waals surface area (Å²) in [6.45, 7) is 4.24. The van der Waals surface area contributed by atoms with Gasteiger partial charge in [0, 0.05) is 4.88 Å². The van der Waals surface area contributed by atoms with Crippen LogP contribution in [0.5, 0.6) is 0 Å². The van der Waals surface area contributed by atoms with Gasteiger partial charge in [0.15, 0.2) is 5.82 Å². The minimum absolute atomic E-state index is 0.136. The zero-order chi connectivity index (χ0) is 18.3. The zero-order valence-corrected chi connectivity index (χ0v) is 15.6. The molecule has 0 bridgehead atoms. The summed E-state index contributed by atoms with van der Waals surface area (Å²) in [7, 11) is 0. The molecule has 2 aromatic heterocycles. The topological polar surface area (TPSA) is 69.5 Å². The van der Waals surface area contributed by atoms with E-state index in [4.69, 9.17) is 0 Å². The van der Waals surface area contributed by atoms with Gasteiger partial charge in [0.1, 0.15) is 10.9 Å². The highest BCUT2D eigenvalue weighted by Gasteiger charge is 2.23. The molecule has 130 valence electrons. The molecule has 1 N–H and O–H groups in total. The van der Waals surface area contributed by atoms with Crippen molar-refractivity contribution < 1.29 is 0 Å². The number of nitriles is 1. The van der Waals surface area contributed by atoms with Crippen molar-refractivity contribution in [3.8, 4) is 6.07 Å². The fourth-order valence-corrected chi connectivity index (χ4v) is 4.92. The summed E-state index contributed by atoms with van der Waals surface area (Å²) in [5.74, 6) is 0.990. The van der Waals surface area contributed by atoms with Gasteiger partial charge in [-0.3, -0.25) is 4.79 Å². The van der Waals surface area contributed by atoms with Crippen LogP contribution >= 0.6 is 11.3 Å². The molecule has 26 heavy (non-hydrogen) atoms. The van der Waals surface area contributed by atoms with Gasteiger partial charge in [-0.25, -0.2) is 4.98 Å². The highest BCUT2D eigenvalue weighted by molar-refractivity contribution is 7.18. The molecule has 4 rings (SSSR count). The quantitative estimate of drug-likeness (QED) is 0.684. The second kappa shape index (κ2) is 6.54. The summed E-state index contributed by atoms with van der Waals surface area (Å²) in [4.78, 5) is 22.2. The van der Waals surface area contributed by atoms with Gasteiger partial charge in [0.2, 0.25) is 0 Å². The zero-order valence-electron chi connectivity index (χ0n) is 14.8. The molecule has 1 atom stereocenters. The average Bonchev–Trinajstić information content (AvgIpc) is 2.98. The Morgan fingerprint density at radius 2 is 2.23 bits per heavy atom. The van der Waals surface area contributed by atoms with Crippen LogP contribution in [-0.4, -0.2) is 9.97 Å². The van der Waals surface area contributed by atoms with E-state index in [1.165, 1.54) is 4.88 Å². The smallest absolute Gasteiger partial charge is 0.260 e. The maximum absolute atomic E-state index is 12.7. The van der Waals surface area contributed by atoms with Crippen LogP contribution in [0.15, 0.2) is 29.1 Å². The Balaban J connectivity index is 1.86. The molecule has 1 aromatic carbocycles. The number of nitrogens with zero attached hydrogens (tertiary/aromatic N) is 2. The van der Waals surface area contributed by atoms with E-state index in [1.54, 1.807) is 17.4 Å². The van der Waals surface area contributed by atoms with Gasteiger partial charge >= 0.3 is 0 Å². The first-order valence-corrected chi connectivity index (χ1v) is 9.61. The van der Waals surface area contributed by atoms with Crippen LogP contribution in [0.4, 0.5) is 0 Å². The first kappa shape index (κ1) is 16.7. The molecule has 1 unspecified atom stereocenters. The maximum atomic E-state index is 12.7. The first-order chi connectivity index (χ1) is 12.6. The molecule has 0 radical (unpaired) electrons. The molecule has 0 amide bonds. The molecule has 4 nitrogen and oxygen atoms in total. The maximum Gasteiger partial charge on any atom is 0.260 e. The summed E-state index contributed by atoms with van der Waals surface area (Å²) < 4.78 is 0. The SMILES string of the molecule is Cc1ccccc1C=C(C#N)c1nc2sc3c(c2c(=O)[nH]1)CCC(C)C3. The van der Waals surface area contributed by atoms with Crippen LogP contribution in [0.3, 0.4) is 0 Å². The van der Waals surface area contributed by atoms with Gasteiger partial charge in [0.05, 0.1) is 11.0 Å². The highest BCUT2D eigenvalue weighted by Crippen LogP contribution is 2.35. The van der Waals surface area contributed by atoms with Crippen LogP contribution in [0.2, 0.25) is 0 Å². The number of fused-ring (bicyclic) bond motifs is 3. The fourth-order valence-electron chi connectivity index (χ4n) is 3.53. The number of allylic oxidation sites excluding steroid dienone is 1. The van der Waals surface area contributed by atoms with Crippen LogP contribution in [-0.2, 0) is 12.8 Å². The van der Waals surface area contributed by atoms with E-state index < -0.39 is 0 Å². The molecule has 0 aliphatic heterocycles. The van der Waals surface area contributed by atoms with E-state index in [-0.39, 0.29) is 5.56 Å². The normalized spacial score (nSPS) is 17.1. The number of aromatic nitrogens is 2. The second-order valence-corrected chi connectivity index (χ2v) is 8.06. The molecule has 0 saturated heterocycles. The molecular formula is C21H19N3OS. The standard InChI is InChI=1S/C21H19N3OS/c1-12-7-8-16-17(9-12)26-21-18(16)20(25)23-19(24-21)15(11-22)10-14-6-4-3-5-13(14)2/h3-6,10,12H,7-9H2,1-2H3,(H,23,24,25). The Bertz CT molecular complexity index is 1130. The van der Waals surface area contributed by atoms with E-state index >= 15 is 0 Å². The number of hydrogen-bond donors (Lipinski definition) is 1.